The van der Waals surface area contributed by atoms with Gasteiger partial charge in [0.1, 0.15) is 5.60 Å². The quantitative estimate of drug-likeness (QED) is 0.799. The maximum Gasteiger partial charge on any atom is 0.117 e. The van der Waals surface area contributed by atoms with Crippen LogP contribution >= 0.6 is 34.8 Å². The first-order chi connectivity index (χ1) is 9.09. The van der Waals surface area contributed by atoms with Crippen LogP contribution in [0.15, 0.2) is 48.5 Å². The van der Waals surface area contributed by atoms with Crippen molar-refractivity contribution in [3.63, 3.8) is 0 Å². The molecule has 0 aliphatic rings. The van der Waals surface area contributed by atoms with Crippen LogP contribution in [0, 0.1) is 0 Å². The summed E-state index contributed by atoms with van der Waals surface area (Å²) in [5.74, 6) is 0.314. The SMILES string of the molecule is OC(CCCl)(c1ccccc1)c1cccc(Cl)c1Cl. The van der Waals surface area contributed by atoms with E-state index in [9.17, 15) is 5.11 Å². The first-order valence-electron chi connectivity index (χ1n) is 5.88. The van der Waals surface area contributed by atoms with Gasteiger partial charge in [-0.1, -0.05) is 65.7 Å². The molecule has 1 unspecified atom stereocenters. The summed E-state index contributed by atoms with van der Waals surface area (Å²) in [6, 6.07) is 14.6. The van der Waals surface area contributed by atoms with Gasteiger partial charge in [-0.05, 0) is 18.1 Å². The smallest absolute Gasteiger partial charge is 0.117 e. The average Bonchev–Trinajstić information content (AvgIpc) is 2.43. The molecule has 0 aromatic heterocycles. The standard InChI is InChI=1S/C15H13Cl3O/c16-10-9-15(19,11-5-2-1-3-6-11)12-7-4-8-13(17)14(12)18/h1-8,19H,9-10H2. The molecule has 2 rings (SSSR count). The molecule has 0 aliphatic carbocycles. The molecule has 0 bridgehead atoms. The first kappa shape index (κ1) is 14.7. The highest BCUT2D eigenvalue weighted by molar-refractivity contribution is 6.42. The van der Waals surface area contributed by atoms with Gasteiger partial charge in [-0.25, -0.2) is 0 Å². The minimum absolute atomic E-state index is 0.314. The molecule has 19 heavy (non-hydrogen) atoms. The van der Waals surface area contributed by atoms with E-state index in [-0.39, 0.29) is 0 Å². The Morgan fingerprint density at radius 3 is 2.26 bits per heavy atom. The largest absolute Gasteiger partial charge is 0.380 e. The van der Waals surface area contributed by atoms with Crippen molar-refractivity contribution in [1.29, 1.82) is 0 Å². The van der Waals surface area contributed by atoms with E-state index in [1.165, 1.54) is 0 Å². The molecule has 0 heterocycles. The monoisotopic (exact) mass is 314 g/mol. The van der Waals surface area contributed by atoms with Gasteiger partial charge in [0.05, 0.1) is 10.0 Å². The van der Waals surface area contributed by atoms with Crippen molar-refractivity contribution in [2.45, 2.75) is 12.0 Å². The van der Waals surface area contributed by atoms with Crippen LogP contribution < -0.4 is 0 Å². The summed E-state index contributed by atoms with van der Waals surface area (Å²) >= 11 is 18.1. The minimum atomic E-state index is -1.23. The van der Waals surface area contributed by atoms with Crippen LogP contribution in [0.5, 0.6) is 0 Å². The second-order valence-electron chi connectivity index (χ2n) is 4.27. The summed E-state index contributed by atoms with van der Waals surface area (Å²) in [6.07, 6.45) is 0.360. The molecule has 0 fully saturated rings. The second kappa shape index (κ2) is 6.15. The van der Waals surface area contributed by atoms with Gasteiger partial charge in [-0.2, -0.15) is 0 Å². The predicted octanol–water partition coefficient (Wildman–Crippen LogP) is 4.86. The Morgan fingerprint density at radius 1 is 0.947 bits per heavy atom. The van der Waals surface area contributed by atoms with Crippen LogP contribution in [0.4, 0.5) is 0 Å². The van der Waals surface area contributed by atoms with E-state index in [4.69, 9.17) is 34.8 Å². The van der Waals surface area contributed by atoms with Gasteiger partial charge in [0.25, 0.3) is 0 Å². The fourth-order valence-electron chi connectivity index (χ4n) is 2.11. The van der Waals surface area contributed by atoms with E-state index >= 15 is 0 Å². The van der Waals surface area contributed by atoms with Gasteiger partial charge in [-0.3, -0.25) is 0 Å². The highest BCUT2D eigenvalue weighted by atomic mass is 35.5. The number of rotatable bonds is 4. The van der Waals surface area contributed by atoms with Crippen LogP contribution in [-0.2, 0) is 5.60 Å². The number of aliphatic hydroxyl groups is 1. The third-order valence-corrected chi connectivity index (χ3v) is 4.11. The Labute approximate surface area is 127 Å². The Balaban J connectivity index is 2.60. The molecule has 0 saturated carbocycles. The van der Waals surface area contributed by atoms with Crippen molar-refractivity contribution in [3.05, 3.63) is 69.7 Å². The molecule has 2 aromatic carbocycles. The van der Waals surface area contributed by atoms with Gasteiger partial charge in [0.15, 0.2) is 0 Å². The van der Waals surface area contributed by atoms with E-state index in [0.717, 1.165) is 5.56 Å². The van der Waals surface area contributed by atoms with E-state index in [2.05, 4.69) is 0 Å². The first-order valence-corrected chi connectivity index (χ1v) is 7.17. The molecule has 0 spiro atoms. The zero-order valence-electron chi connectivity index (χ0n) is 10.1. The molecule has 1 N–H and O–H groups in total. The van der Waals surface area contributed by atoms with Crippen LogP contribution in [0.3, 0.4) is 0 Å². The summed E-state index contributed by atoms with van der Waals surface area (Å²) in [7, 11) is 0. The summed E-state index contributed by atoms with van der Waals surface area (Å²) < 4.78 is 0. The third-order valence-electron chi connectivity index (χ3n) is 3.10. The van der Waals surface area contributed by atoms with Crippen LogP contribution in [0.1, 0.15) is 17.5 Å². The molecule has 0 radical (unpaired) electrons. The molecule has 2 aromatic rings. The lowest BCUT2D eigenvalue weighted by Crippen LogP contribution is -2.28. The summed E-state index contributed by atoms with van der Waals surface area (Å²) in [6.45, 7) is 0. The molecule has 1 nitrogen and oxygen atoms in total. The number of alkyl halides is 1. The van der Waals surface area contributed by atoms with Gasteiger partial charge < -0.3 is 5.11 Å². The van der Waals surface area contributed by atoms with Crippen molar-refractivity contribution in [2.75, 3.05) is 5.88 Å². The fraction of sp³-hybridized carbons (Fsp3) is 0.200. The Hall–Kier alpha value is -0.730. The van der Waals surface area contributed by atoms with Crippen LogP contribution in [-0.4, -0.2) is 11.0 Å². The highest BCUT2D eigenvalue weighted by Crippen LogP contribution is 2.39. The van der Waals surface area contributed by atoms with E-state index in [1.807, 2.05) is 30.3 Å². The number of hydrogen-bond donors (Lipinski definition) is 1. The Morgan fingerprint density at radius 2 is 1.63 bits per heavy atom. The van der Waals surface area contributed by atoms with E-state index in [0.29, 0.717) is 27.9 Å². The van der Waals surface area contributed by atoms with E-state index < -0.39 is 5.60 Å². The predicted molar refractivity (Wildman–Crippen MR) is 81.2 cm³/mol. The van der Waals surface area contributed by atoms with E-state index in [1.54, 1.807) is 18.2 Å². The van der Waals surface area contributed by atoms with Gasteiger partial charge >= 0.3 is 0 Å². The fourth-order valence-corrected chi connectivity index (χ4v) is 2.84. The minimum Gasteiger partial charge on any atom is -0.380 e. The zero-order chi connectivity index (χ0) is 13.9. The number of halogens is 3. The maximum atomic E-state index is 11.0. The summed E-state index contributed by atoms with van der Waals surface area (Å²) in [5.41, 5.74) is 0.0960. The molecule has 0 saturated heterocycles. The summed E-state index contributed by atoms with van der Waals surface area (Å²) in [4.78, 5) is 0. The second-order valence-corrected chi connectivity index (χ2v) is 5.43. The van der Waals surface area contributed by atoms with Gasteiger partial charge in [0.2, 0.25) is 0 Å². The Bertz CT molecular complexity index is 557. The normalized spacial score (nSPS) is 14.1. The summed E-state index contributed by atoms with van der Waals surface area (Å²) in [5, 5.41) is 11.8. The topological polar surface area (TPSA) is 20.2 Å². The lowest BCUT2D eigenvalue weighted by atomic mass is 9.84. The third kappa shape index (κ3) is 2.90. The molecule has 4 heteroatoms. The molecular weight excluding hydrogens is 303 g/mol. The zero-order valence-corrected chi connectivity index (χ0v) is 12.4. The van der Waals surface area contributed by atoms with Crippen molar-refractivity contribution >= 4 is 34.8 Å². The highest BCUT2D eigenvalue weighted by Gasteiger charge is 2.33. The molecule has 100 valence electrons. The molecule has 0 aliphatic heterocycles. The van der Waals surface area contributed by atoms with Crippen molar-refractivity contribution in [3.8, 4) is 0 Å². The van der Waals surface area contributed by atoms with Gasteiger partial charge in [0, 0.05) is 11.4 Å². The molecule has 1 atom stereocenters. The van der Waals surface area contributed by atoms with Gasteiger partial charge in [-0.15, -0.1) is 11.6 Å². The lowest BCUT2D eigenvalue weighted by Gasteiger charge is -2.29. The van der Waals surface area contributed by atoms with Crippen molar-refractivity contribution in [2.24, 2.45) is 0 Å². The molecule has 0 amide bonds. The van der Waals surface area contributed by atoms with Crippen molar-refractivity contribution in [1.82, 2.24) is 0 Å². The number of hydrogen-bond acceptors (Lipinski definition) is 1. The van der Waals surface area contributed by atoms with Crippen LogP contribution in [0.2, 0.25) is 10.0 Å². The molecular formula is C15H13Cl3O. The maximum absolute atomic E-state index is 11.0. The lowest BCUT2D eigenvalue weighted by molar-refractivity contribution is 0.0776. The number of benzene rings is 2. The Kier molecular flexibility index (Phi) is 4.75. The van der Waals surface area contributed by atoms with Crippen LogP contribution in [0.25, 0.3) is 0 Å². The van der Waals surface area contributed by atoms with Crippen molar-refractivity contribution < 1.29 is 5.11 Å². The average molecular weight is 316 g/mol.